The molecule has 0 aliphatic carbocycles. The Kier molecular flexibility index (Phi) is 4.43. The predicted octanol–water partition coefficient (Wildman–Crippen LogP) is 3.67. The molecular formula is C23H23N7S. The van der Waals surface area contributed by atoms with Crippen molar-refractivity contribution in [1.82, 2.24) is 24.7 Å². The van der Waals surface area contributed by atoms with Crippen LogP contribution in [-0.4, -0.2) is 37.8 Å². The first-order valence-electron chi connectivity index (χ1n) is 10.6. The minimum absolute atomic E-state index is 0.0668. The monoisotopic (exact) mass is 429 g/mol. The van der Waals surface area contributed by atoms with E-state index in [9.17, 15) is 0 Å². The van der Waals surface area contributed by atoms with Crippen LogP contribution in [0.4, 0.5) is 5.82 Å². The molecule has 8 heteroatoms. The Morgan fingerprint density at radius 2 is 1.87 bits per heavy atom. The Morgan fingerprint density at radius 1 is 0.968 bits per heavy atom. The summed E-state index contributed by atoms with van der Waals surface area (Å²) < 4.78 is 2.08. The second kappa shape index (κ2) is 7.32. The van der Waals surface area contributed by atoms with E-state index in [1.165, 1.54) is 5.69 Å². The number of anilines is 1. The highest BCUT2D eigenvalue weighted by atomic mass is 32.2. The number of benzene rings is 1. The van der Waals surface area contributed by atoms with Gasteiger partial charge in [-0.05, 0) is 37.1 Å². The first-order chi connectivity index (χ1) is 15.2. The van der Waals surface area contributed by atoms with E-state index in [1.807, 2.05) is 43.0 Å². The van der Waals surface area contributed by atoms with E-state index in [4.69, 9.17) is 10.7 Å². The van der Waals surface area contributed by atoms with E-state index in [0.29, 0.717) is 0 Å². The molecule has 4 aromatic rings. The van der Waals surface area contributed by atoms with E-state index < -0.39 is 0 Å². The van der Waals surface area contributed by atoms with Gasteiger partial charge in [0.1, 0.15) is 10.8 Å². The molecule has 0 unspecified atom stereocenters. The lowest BCUT2D eigenvalue weighted by Gasteiger charge is -2.41. The van der Waals surface area contributed by atoms with Gasteiger partial charge in [-0.1, -0.05) is 23.9 Å². The molecule has 1 fully saturated rings. The van der Waals surface area contributed by atoms with Gasteiger partial charge in [-0.3, -0.25) is 9.67 Å². The van der Waals surface area contributed by atoms with Crippen LogP contribution in [-0.2, 0) is 6.54 Å². The van der Waals surface area contributed by atoms with Crippen LogP contribution in [0.2, 0.25) is 0 Å². The average Bonchev–Trinajstić information content (AvgIpc) is 3.36. The third-order valence-electron chi connectivity index (χ3n) is 6.71. The van der Waals surface area contributed by atoms with Crippen LogP contribution in [0, 0.1) is 5.41 Å². The van der Waals surface area contributed by atoms with Gasteiger partial charge in [0, 0.05) is 47.7 Å². The molecule has 0 bridgehead atoms. The topological polar surface area (TPSA) is 85.8 Å². The lowest BCUT2D eigenvalue weighted by atomic mass is 9.73. The number of nitrogens with zero attached hydrogens (tertiary/aromatic N) is 6. The largest absolute Gasteiger partial charge is 0.355 e. The van der Waals surface area contributed by atoms with Crippen molar-refractivity contribution in [3.63, 3.8) is 0 Å². The summed E-state index contributed by atoms with van der Waals surface area (Å²) in [4.78, 5) is 17.3. The van der Waals surface area contributed by atoms with Crippen LogP contribution in [0.5, 0.6) is 0 Å². The second-order valence-electron chi connectivity index (χ2n) is 8.38. The van der Waals surface area contributed by atoms with E-state index in [1.54, 1.807) is 11.8 Å². The molecule has 1 aromatic carbocycles. The van der Waals surface area contributed by atoms with Gasteiger partial charge in [0.2, 0.25) is 0 Å². The molecule has 0 radical (unpaired) electrons. The molecule has 1 saturated heterocycles. The van der Waals surface area contributed by atoms with Crippen molar-refractivity contribution in [2.24, 2.45) is 11.1 Å². The van der Waals surface area contributed by atoms with E-state index >= 15 is 0 Å². The summed E-state index contributed by atoms with van der Waals surface area (Å²) in [7, 11) is 0. The van der Waals surface area contributed by atoms with Crippen molar-refractivity contribution in [3.8, 4) is 0 Å². The molecule has 6 rings (SSSR count). The molecule has 0 saturated carbocycles. The molecule has 3 aromatic heterocycles. The number of aromatic nitrogens is 5. The van der Waals surface area contributed by atoms with Crippen molar-refractivity contribution in [2.45, 2.75) is 35.3 Å². The molecule has 2 aliphatic rings. The Bertz CT molecular complexity index is 1220. The minimum Gasteiger partial charge on any atom is -0.355 e. The van der Waals surface area contributed by atoms with Gasteiger partial charge in [-0.25, -0.2) is 9.97 Å². The smallest absolute Gasteiger partial charge is 0.147 e. The van der Waals surface area contributed by atoms with Crippen LogP contribution >= 0.6 is 11.8 Å². The fourth-order valence-electron chi connectivity index (χ4n) is 4.90. The molecule has 156 valence electrons. The molecule has 31 heavy (non-hydrogen) atoms. The third-order valence-corrected chi connectivity index (χ3v) is 7.71. The van der Waals surface area contributed by atoms with Gasteiger partial charge in [-0.2, -0.15) is 5.10 Å². The van der Waals surface area contributed by atoms with Crippen LogP contribution < -0.4 is 10.6 Å². The minimum atomic E-state index is 0.0668. The zero-order chi connectivity index (χ0) is 20.8. The second-order valence-corrected chi connectivity index (χ2v) is 9.44. The average molecular weight is 430 g/mol. The molecule has 2 N–H and O–H groups in total. The quantitative estimate of drug-likeness (QED) is 0.532. The first kappa shape index (κ1) is 18.8. The van der Waals surface area contributed by atoms with Crippen LogP contribution in [0.3, 0.4) is 0 Å². The van der Waals surface area contributed by atoms with Crippen molar-refractivity contribution in [3.05, 3.63) is 66.9 Å². The number of hydrogen-bond donors (Lipinski definition) is 1. The number of pyridine rings is 1. The summed E-state index contributed by atoms with van der Waals surface area (Å²) in [6, 6.07) is 12.3. The SMILES string of the molecule is N[C@@H]1c2ccnn2CC12CCN(c1cnc(Sc3cccc4ncccc34)cn1)CC2. The lowest BCUT2D eigenvalue weighted by Crippen LogP contribution is -2.45. The van der Waals surface area contributed by atoms with E-state index in [2.05, 4.69) is 42.8 Å². The number of fused-ring (bicyclic) bond motifs is 2. The van der Waals surface area contributed by atoms with Crippen molar-refractivity contribution in [2.75, 3.05) is 18.0 Å². The zero-order valence-corrected chi connectivity index (χ0v) is 17.9. The van der Waals surface area contributed by atoms with Gasteiger partial charge in [0.25, 0.3) is 0 Å². The van der Waals surface area contributed by atoms with Gasteiger partial charge >= 0.3 is 0 Å². The molecule has 0 amide bonds. The van der Waals surface area contributed by atoms with Gasteiger partial charge in [0.15, 0.2) is 0 Å². The van der Waals surface area contributed by atoms with Crippen LogP contribution in [0.15, 0.2) is 71.1 Å². The lowest BCUT2D eigenvalue weighted by molar-refractivity contribution is 0.170. The molecule has 2 aliphatic heterocycles. The number of nitrogens with two attached hydrogens (primary N) is 1. The standard InChI is InChI=1S/C23H23N7S/c24-22-18-6-10-28-30(18)15-23(22)7-11-29(12-8-23)20-13-27-21(14-26-20)31-19-5-1-4-17-16(19)3-2-9-25-17/h1-6,9-10,13-14,22H,7-8,11-12,15,24H2/t22-/m1/s1. The predicted molar refractivity (Wildman–Crippen MR) is 121 cm³/mol. The third kappa shape index (κ3) is 3.18. The van der Waals surface area contributed by atoms with E-state index in [0.717, 1.165) is 59.1 Å². The fraction of sp³-hybridized carbons (Fsp3) is 0.304. The Morgan fingerprint density at radius 3 is 2.68 bits per heavy atom. The normalized spacial score (nSPS) is 19.8. The number of rotatable bonds is 3. The summed E-state index contributed by atoms with van der Waals surface area (Å²) in [6.45, 7) is 2.80. The molecule has 1 atom stereocenters. The fourth-order valence-corrected chi connectivity index (χ4v) is 5.77. The Balaban J connectivity index is 1.15. The highest BCUT2D eigenvalue weighted by molar-refractivity contribution is 7.99. The molecular weight excluding hydrogens is 406 g/mol. The molecule has 7 nitrogen and oxygen atoms in total. The number of hydrogen-bond acceptors (Lipinski definition) is 7. The van der Waals surface area contributed by atoms with Crippen molar-refractivity contribution in [1.29, 1.82) is 0 Å². The van der Waals surface area contributed by atoms with E-state index in [-0.39, 0.29) is 11.5 Å². The molecule has 5 heterocycles. The highest BCUT2D eigenvalue weighted by Crippen LogP contribution is 2.47. The zero-order valence-electron chi connectivity index (χ0n) is 17.1. The summed E-state index contributed by atoms with van der Waals surface area (Å²) in [5.41, 5.74) is 8.88. The number of piperidine rings is 1. The van der Waals surface area contributed by atoms with Gasteiger partial charge < -0.3 is 10.6 Å². The Hall–Kier alpha value is -2.97. The maximum Gasteiger partial charge on any atom is 0.147 e. The van der Waals surface area contributed by atoms with Crippen molar-refractivity contribution < 1.29 is 0 Å². The summed E-state index contributed by atoms with van der Waals surface area (Å²) in [5, 5.41) is 6.45. The maximum atomic E-state index is 6.60. The molecule has 1 spiro atoms. The highest BCUT2D eigenvalue weighted by Gasteiger charge is 2.46. The van der Waals surface area contributed by atoms with Crippen LogP contribution in [0.25, 0.3) is 10.9 Å². The summed E-state index contributed by atoms with van der Waals surface area (Å²) in [5.74, 6) is 0.933. The Labute approximate surface area is 184 Å². The van der Waals surface area contributed by atoms with Gasteiger partial charge in [-0.15, -0.1) is 0 Å². The first-order valence-corrected chi connectivity index (χ1v) is 11.4. The van der Waals surface area contributed by atoms with Crippen molar-refractivity contribution >= 4 is 28.5 Å². The maximum absolute atomic E-state index is 6.60. The van der Waals surface area contributed by atoms with Gasteiger partial charge in [0.05, 0.1) is 29.6 Å². The van der Waals surface area contributed by atoms with Crippen LogP contribution in [0.1, 0.15) is 24.6 Å². The summed E-state index contributed by atoms with van der Waals surface area (Å²) >= 11 is 1.62. The summed E-state index contributed by atoms with van der Waals surface area (Å²) in [6.07, 6.45) is 9.51.